The molecule has 144 valence electrons. The number of carbonyl (C=O) groups is 1. The topological polar surface area (TPSA) is 137 Å². The number of hydrogen-bond acceptors (Lipinski definition) is 9. The van der Waals surface area contributed by atoms with Gasteiger partial charge in [0.15, 0.2) is 5.75 Å². The van der Waals surface area contributed by atoms with Gasteiger partial charge in [0.05, 0.1) is 23.1 Å². The van der Waals surface area contributed by atoms with Crippen molar-refractivity contribution in [3.63, 3.8) is 0 Å². The Morgan fingerprint density at radius 1 is 1.50 bits per heavy atom. The molecule has 11 heteroatoms. The molecule has 1 N–H and O–H groups in total. The van der Waals surface area contributed by atoms with Crippen molar-refractivity contribution >= 4 is 39.4 Å². The number of nitro groups is 1. The monoisotopic (exact) mass is 402 g/mol. The first-order valence-corrected chi connectivity index (χ1v) is 8.84. The lowest BCUT2D eigenvalue weighted by molar-refractivity contribution is -0.385. The number of fused-ring (bicyclic) bond motifs is 1. The zero-order valence-corrected chi connectivity index (χ0v) is 15.6. The van der Waals surface area contributed by atoms with Crippen LogP contribution in [0.3, 0.4) is 0 Å². The molecule has 2 aromatic heterocycles. The fourth-order valence-electron chi connectivity index (χ4n) is 2.48. The summed E-state index contributed by atoms with van der Waals surface area (Å²) in [5.74, 6) is -0.989. The lowest BCUT2D eigenvalue weighted by Gasteiger charge is -2.00. The van der Waals surface area contributed by atoms with Gasteiger partial charge in [0.1, 0.15) is 16.0 Å². The predicted molar refractivity (Wildman–Crippen MR) is 102 cm³/mol. The standard InChI is InChI=1S/C17H14N4O6S/c1-3-27-17(24)14-9(2)13-15(28-14)18-8-20(16(13)23)19-7-10-4-5-12(22)11(6-10)21(25)26/h4-8,22H,3H2,1-2H3. The number of aryl methyl sites for hydroxylation is 1. The molecule has 28 heavy (non-hydrogen) atoms. The number of ether oxygens (including phenoxy) is 1. The summed E-state index contributed by atoms with van der Waals surface area (Å²) in [5.41, 5.74) is -0.192. The van der Waals surface area contributed by atoms with Gasteiger partial charge in [-0.25, -0.2) is 9.78 Å². The van der Waals surface area contributed by atoms with Crippen LogP contribution in [-0.2, 0) is 4.74 Å². The molecule has 3 rings (SSSR count). The molecule has 0 amide bonds. The molecule has 1 aromatic carbocycles. The van der Waals surface area contributed by atoms with Crippen LogP contribution in [0.25, 0.3) is 10.2 Å². The molecule has 2 heterocycles. The van der Waals surface area contributed by atoms with Gasteiger partial charge in [-0.3, -0.25) is 14.9 Å². The number of phenols is 1. The van der Waals surface area contributed by atoms with E-state index in [0.29, 0.717) is 20.8 Å². The number of rotatable bonds is 5. The smallest absolute Gasteiger partial charge is 0.348 e. The first-order chi connectivity index (χ1) is 13.3. The molecule has 0 fully saturated rings. The quantitative estimate of drug-likeness (QED) is 0.299. The van der Waals surface area contributed by atoms with Gasteiger partial charge in [-0.2, -0.15) is 9.78 Å². The average molecular weight is 402 g/mol. The Labute approximate surface area is 161 Å². The number of thiophene rings is 1. The van der Waals surface area contributed by atoms with Crippen molar-refractivity contribution in [3.8, 4) is 5.75 Å². The fourth-order valence-corrected chi connectivity index (χ4v) is 3.52. The predicted octanol–water partition coefficient (Wildman–Crippen LogP) is 2.44. The van der Waals surface area contributed by atoms with E-state index >= 15 is 0 Å². The first kappa shape index (κ1) is 19.2. The van der Waals surface area contributed by atoms with Gasteiger partial charge in [0, 0.05) is 11.6 Å². The number of benzene rings is 1. The Morgan fingerprint density at radius 3 is 2.93 bits per heavy atom. The van der Waals surface area contributed by atoms with E-state index < -0.39 is 27.9 Å². The Hall–Kier alpha value is -3.60. The van der Waals surface area contributed by atoms with E-state index in [1.807, 2.05) is 0 Å². The van der Waals surface area contributed by atoms with Gasteiger partial charge < -0.3 is 9.84 Å². The van der Waals surface area contributed by atoms with Crippen molar-refractivity contribution in [2.24, 2.45) is 5.10 Å². The van der Waals surface area contributed by atoms with E-state index in [1.165, 1.54) is 24.7 Å². The highest BCUT2D eigenvalue weighted by Crippen LogP contribution is 2.28. The van der Waals surface area contributed by atoms with E-state index in [-0.39, 0.29) is 12.0 Å². The zero-order valence-electron chi connectivity index (χ0n) is 14.8. The van der Waals surface area contributed by atoms with Crippen LogP contribution < -0.4 is 5.56 Å². The highest BCUT2D eigenvalue weighted by molar-refractivity contribution is 7.20. The van der Waals surface area contributed by atoms with Crippen molar-refractivity contribution in [2.75, 3.05) is 6.61 Å². The molecule has 0 saturated carbocycles. The van der Waals surface area contributed by atoms with E-state index in [2.05, 4.69) is 10.1 Å². The minimum atomic E-state index is -0.724. The van der Waals surface area contributed by atoms with E-state index in [1.54, 1.807) is 13.8 Å². The maximum absolute atomic E-state index is 12.7. The SMILES string of the molecule is CCOC(=O)c1sc2ncn(N=Cc3ccc(O)c([N+](=O)[O-])c3)c(=O)c2c1C. The summed E-state index contributed by atoms with van der Waals surface area (Å²) in [6, 6.07) is 3.71. The number of nitro benzene ring substituents is 1. The summed E-state index contributed by atoms with van der Waals surface area (Å²) in [6.45, 7) is 3.53. The highest BCUT2D eigenvalue weighted by Gasteiger charge is 2.20. The van der Waals surface area contributed by atoms with Crippen LogP contribution in [0.5, 0.6) is 5.75 Å². The number of esters is 1. The zero-order chi connectivity index (χ0) is 20.4. The molecule has 0 aliphatic rings. The van der Waals surface area contributed by atoms with Crippen LogP contribution in [0.4, 0.5) is 5.69 Å². The van der Waals surface area contributed by atoms with Crippen molar-refractivity contribution in [3.05, 3.63) is 61.0 Å². The second kappa shape index (κ2) is 7.56. The molecule has 3 aromatic rings. The van der Waals surface area contributed by atoms with Gasteiger partial charge in [0.25, 0.3) is 5.56 Å². The number of aromatic nitrogens is 2. The van der Waals surface area contributed by atoms with Crippen LogP contribution in [0.15, 0.2) is 34.4 Å². The molecule has 10 nitrogen and oxygen atoms in total. The number of carbonyl (C=O) groups excluding carboxylic acids is 1. The molecule has 0 bridgehead atoms. The number of aromatic hydroxyl groups is 1. The molecule has 0 radical (unpaired) electrons. The lowest BCUT2D eigenvalue weighted by Crippen LogP contribution is -2.17. The Morgan fingerprint density at radius 2 is 2.25 bits per heavy atom. The summed E-state index contributed by atoms with van der Waals surface area (Å²) in [7, 11) is 0. The van der Waals surface area contributed by atoms with Crippen molar-refractivity contribution in [2.45, 2.75) is 13.8 Å². The summed E-state index contributed by atoms with van der Waals surface area (Å²) in [5, 5.41) is 24.6. The number of hydrogen-bond donors (Lipinski definition) is 1. The molecule has 0 unspecified atom stereocenters. The minimum Gasteiger partial charge on any atom is -0.502 e. The fraction of sp³-hybridized carbons (Fsp3) is 0.176. The third-order valence-corrected chi connectivity index (χ3v) is 5.00. The summed E-state index contributed by atoms with van der Waals surface area (Å²) < 4.78 is 5.95. The van der Waals surface area contributed by atoms with Crippen LogP contribution >= 0.6 is 11.3 Å². The Kier molecular flexibility index (Phi) is 5.18. The minimum absolute atomic E-state index is 0.216. The Bertz CT molecular complexity index is 1180. The molecule has 0 aliphatic heterocycles. The van der Waals surface area contributed by atoms with E-state index in [9.17, 15) is 24.8 Å². The molecule has 0 atom stereocenters. The highest BCUT2D eigenvalue weighted by atomic mass is 32.1. The maximum atomic E-state index is 12.7. The van der Waals surface area contributed by atoms with Crippen LogP contribution in [0.2, 0.25) is 0 Å². The second-order valence-electron chi connectivity index (χ2n) is 5.60. The van der Waals surface area contributed by atoms with Crippen molar-refractivity contribution in [1.82, 2.24) is 9.66 Å². The van der Waals surface area contributed by atoms with Crippen LogP contribution in [0, 0.1) is 17.0 Å². The van der Waals surface area contributed by atoms with Crippen molar-refractivity contribution < 1.29 is 19.6 Å². The van der Waals surface area contributed by atoms with Gasteiger partial charge in [-0.1, -0.05) is 0 Å². The van der Waals surface area contributed by atoms with Gasteiger partial charge in [0.2, 0.25) is 0 Å². The molecular formula is C17H14N4O6S. The van der Waals surface area contributed by atoms with Crippen molar-refractivity contribution in [1.29, 1.82) is 0 Å². The maximum Gasteiger partial charge on any atom is 0.348 e. The summed E-state index contributed by atoms with van der Waals surface area (Å²) >= 11 is 1.06. The van der Waals surface area contributed by atoms with Crippen LogP contribution in [0.1, 0.15) is 27.7 Å². The van der Waals surface area contributed by atoms with Gasteiger partial charge in [-0.15, -0.1) is 11.3 Å². The number of phenolic OH excluding ortho intramolecular Hbond substituents is 1. The van der Waals surface area contributed by atoms with E-state index in [4.69, 9.17) is 4.74 Å². The average Bonchev–Trinajstić information content (AvgIpc) is 2.99. The molecular weight excluding hydrogens is 388 g/mol. The summed E-state index contributed by atoms with van der Waals surface area (Å²) in [4.78, 5) is 39.7. The van der Waals surface area contributed by atoms with Gasteiger partial charge >= 0.3 is 11.7 Å². The van der Waals surface area contributed by atoms with Gasteiger partial charge in [-0.05, 0) is 31.5 Å². The second-order valence-corrected chi connectivity index (χ2v) is 6.60. The molecule has 0 saturated heterocycles. The third-order valence-electron chi connectivity index (χ3n) is 3.82. The third kappa shape index (κ3) is 3.47. The Balaban J connectivity index is 2.02. The normalized spacial score (nSPS) is 11.2. The largest absolute Gasteiger partial charge is 0.502 e. The lowest BCUT2D eigenvalue weighted by atomic mass is 10.2. The van der Waals surface area contributed by atoms with Crippen LogP contribution in [-0.4, -0.2) is 38.5 Å². The molecule has 0 spiro atoms. The number of nitrogens with zero attached hydrogens (tertiary/aromatic N) is 4. The first-order valence-electron chi connectivity index (χ1n) is 8.03. The summed E-state index contributed by atoms with van der Waals surface area (Å²) in [6.07, 6.45) is 2.43. The van der Waals surface area contributed by atoms with E-state index in [0.717, 1.165) is 22.1 Å². The molecule has 0 aliphatic carbocycles.